The van der Waals surface area contributed by atoms with Crippen molar-refractivity contribution in [3.63, 3.8) is 0 Å². The molecule has 0 atom stereocenters. The highest BCUT2D eigenvalue weighted by atomic mass is 14.6. The zero-order chi connectivity index (χ0) is 11.1. The molecule has 2 nitrogen and oxygen atoms in total. The summed E-state index contributed by atoms with van der Waals surface area (Å²) in [5.41, 5.74) is 2.48. The summed E-state index contributed by atoms with van der Waals surface area (Å²) in [6, 6.07) is 4.25. The van der Waals surface area contributed by atoms with Crippen molar-refractivity contribution in [3.8, 4) is 0 Å². The van der Waals surface area contributed by atoms with Crippen LogP contribution in [0.5, 0.6) is 0 Å². The van der Waals surface area contributed by atoms with E-state index >= 15 is 0 Å². The van der Waals surface area contributed by atoms with E-state index in [0.717, 1.165) is 0 Å². The number of benzene rings is 1. The zero-order valence-corrected chi connectivity index (χ0v) is 9.36. The van der Waals surface area contributed by atoms with Gasteiger partial charge in [-0.2, -0.15) is 0 Å². The third kappa shape index (κ3) is 1.20. The summed E-state index contributed by atoms with van der Waals surface area (Å²) in [5, 5.41) is 4.95. The molecule has 0 unspecified atom stereocenters. The molecule has 0 fully saturated rings. The average molecular weight is 208 g/mol. The monoisotopic (exact) mass is 208 g/mol. The van der Waals surface area contributed by atoms with Crippen LogP contribution in [-0.2, 0) is 0 Å². The van der Waals surface area contributed by atoms with Crippen molar-refractivity contribution < 1.29 is 0 Å². The molecule has 0 amide bonds. The predicted molar refractivity (Wildman–Crippen MR) is 66.5 cm³/mol. The first-order chi connectivity index (χ1) is 7.77. The molecule has 3 rings (SSSR count). The molecule has 0 bridgehead atoms. The second-order valence-electron chi connectivity index (χ2n) is 4.17. The van der Waals surface area contributed by atoms with Gasteiger partial charge in [-0.25, -0.2) is 0 Å². The lowest BCUT2D eigenvalue weighted by molar-refractivity contribution is 1.30. The number of hydrogen-bond acceptors (Lipinski definition) is 2. The highest BCUT2D eigenvalue weighted by Crippen LogP contribution is 2.29. The lowest BCUT2D eigenvalue weighted by Crippen LogP contribution is -1.87. The minimum Gasteiger partial charge on any atom is -0.264 e. The van der Waals surface area contributed by atoms with Gasteiger partial charge < -0.3 is 0 Å². The van der Waals surface area contributed by atoms with Crippen molar-refractivity contribution in [1.29, 1.82) is 0 Å². The Bertz CT molecular complexity index is 687. The van der Waals surface area contributed by atoms with E-state index in [9.17, 15) is 0 Å². The van der Waals surface area contributed by atoms with Crippen molar-refractivity contribution in [1.82, 2.24) is 9.97 Å². The van der Waals surface area contributed by atoms with Crippen LogP contribution in [0.3, 0.4) is 0 Å². The molecule has 78 valence electrons. The summed E-state index contributed by atoms with van der Waals surface area (Å²) >= 11 is 0. The first kappa shape index (κ1) is 9.28. The van der Waals surface area contributed by atoms with Gasteiger partial charge >= 0.3 is 0 Å². The number of pyridine rings is 2. The largest absolute Gasteiger partial charge is 0.264 e. The van der Waals surface area contributed by atoms with Crippen molar-refractivity contribution in [2.45, 2.75) is 13.8 Å². The Kier molecular flexibility index (Phi) is 1.90. The molecule has 16 heavy (non-hydrogen) atoms. The SMILES string of the molecule is Cc1cc2ccncc2c2c(C)cncc12. The smallest absolute Gasteiger partial charge is 0.0352 e. The Labute approximate surface area is 94.0 Å². The van der Waals surface area contributed by atoms with Crippen molar-refractivity contribution >= 4 is 21.5 Å². The Morgan fingerprint density at radius 1 is 0.875 bits per heavy atom. The highest BCUT2D eigenvalue weighted by molar-refractivity contribution is 6.09. The predicted octanol–water partition coefficient (Wildman–Crippen LogP) is 3.40. The second kappa shape index (κ2) is 3.27. The van der Waals surface area contributed by atoms with E-state index in [4.69, 9.17) is 0 Å². The molecular formula is C14H12N2. The average Bonchev–Trinajstić information content (AvgIpc) is 2.30. The number of hydrogen-bond donors (Lipinski definition) is 0. The summed E-state index contributed by atoms with van der Waals surface area (Å²) in [7, 11) is 0. The van der Waals surface area contributed by atoms with Crippen LogP contribution in [0, 0.1) is 13.8 Å². The van der Waals surface area contributed by atoms with Crippen LogP contribution in [0.4, 0.5) is 0 Å². The second-order valence-corrected chi connectivity index (χ2v) is 4.17. The molecular weight excluding hydrogens is 196 g/mol. The molecule has 0 saturated carbocycles. The third-order valence-corrected chi connectivity index (χ3v) is 3.06. The van der Waals surface area contributed by atoms with Gasteiger partial charge in [-0.05, 0) is 41.8 Å². The van der Waals surface area contributed by atoms with E-state index < -0.39 is 0 Å². The summed E-state index contributed by atoms with van der Waals surface area (Å²) in [6.45, 7) is 4.23. The molecule has 0 spiro atoms. The summed E-state index contributed by atoms with van der Waals surface area (Å²) in [4.78, 5) is 8.47. The summed E-state index contributed by atoms with van der Waals surface area (Å²) in [5.74, 6) is 0. The van der Waals surface area contributed by atoms with Gasteiger partial charge in [0.25, 0.3) is 0 Å². The maximum Gasteiger partial charge on any atom is 0.0352 e. The Morgan fingerprint density at radius 3 is 2.56 bits per heavy atom. The molecule has 0 aliphatic carbocycles. The molecule has 0 radical (unpaired) electrons. The van der Waals surface area contributed by atoms with Gasteiger partial charge in [-0.15, -0.1) is 0 Å². The van der Waals surface area contributed by atoms with Crippen LogP contribution >= 0.6 is 0 Å². The minimum atomic E-state index is 1.21. The van der Waals surface area contributed by atoms with Crippen LogP contribution in [0.1, 0.15) is 11.1 Å². The van der Waals surface area contributed by atoms with E-state index in [-0.39, 0.29) is 0 Å². The third-order valence-electron chi connectivity index (χ3n) is 3.06. The molecule has 0 aliphatic heterocycles. The lowest BCUT2D eigenvalue weighted by atomic mass is 9.98. The number of aromatic nitrogens is 2. The summed E-state index contributed by atoms with van der Waals surface area (Å²) in [6.07, 6.45) is 7.62. The number of aryl methyl sites for hydroxylation is 2. The quantitative estimate of drug-likeness (QED) is 0.529. The van der Waals surface area contributed by atoms with E-state index in [1.54, 1.807) is 0 Å². The molecule has 2 aromatic heterocycles. The Hall–Kier alpha value is -1.96. The minimum absolute atomic E-state index is 1.21. The zero-order valence-electron chi connectivity index (χ0n) is 9.36. The molecule has 0 aliphatic rings. The standard InChI is InChI=1S/C14H12N2/c1-9-5-11-3-4-15-8-13(11)14-10(2)6-16-7-12(9)14/h3-8H,1-2H3. The summed E-state index contributed by atoms with van der Waals surface area (Å²) < 4.78 is 0. The molecule has 3 aromatic rings. The van der Waals surface area contributed by atoms with Gasteiger partial charge in [0.1, 0.15) is 0 Å². The van der Waals surface area contributed by atoms with Gasteiger partial charge in [0, 0.05) is 35.6 Å². The first-order valence-corrected chi connectivity index (χ1v) is 5.35. The van der Waals surface area contributed by atoms with Gasteiger partial charge in [0.2, 0.25) is 0 Å². The van der Waals surface area contributed by atoms with E-state index in [1.807, 2.05) is 24.8 Å². The van der Waals surface area contributed by atoms with Crippen molar-refractivity contribution in [3.05, 3.63) is 48.0 Å². The topological polar surface area (TPSA) is 25.8 Å². The van der Waals surface area contributed by atoms with Gasteiger partial charge in [-0.1, -0.05) is 6.07 Å². The normalized spacial score (nSPS) is 11.1. The lowest BCUT2D eigenvalue weighted by Gasteiger charge is -2.08. The van der Waals surface area contributed by atoms with Crippen LogP contribution < -0.4 is 0 Å². The molecule has 2 heteroatoms. The van der Waals surface area contributed by atoms with Crippen LogP contribution in [-0.4, -0.2) is 9.97 Å². The van der Waals surface area contributed by atoms with E-state index in [1.165, 1.54) is 32.7 Å². The Balaban J connectivity index is 2.67. The van der Waals surface area contributed by atoms with Gasteiger partial charge in [-0.3, -0.25) is 9.97 Å². The number of fused-ring (bicyclic) bond motifs is 3. The van der Waals surface area contributed by atoms with E-state index in [2.05, 4.69) is 35.9 Å². The number of nitrogens with zero attached hydrogens (tertiary/aromatic N) is 2. The molecule has 0 saturated heterocycles. The fourth-order valence-corrected chi connectivity index (χ4v) is 2.27. The Morgan fingerprint density at radius 2 is 1.69 bits per heavy atom. The molecule has 1 aromatic carbocycles. The van der Waals surface area contributed by atoms with Gasteiger partial charge in [0.05, 0.1) is 0 Å². The van der Waals surface area contributed by atoms with Gasteiger partial charge in [0.15, 0.2) is 0 Å². The molecule has 2 heterocycles. The molecule has 0 N–H and O–H groups in total. The maximum absolute atomic E-state index is 4.26. The van der Waals surface area contributed by atoms with Crippen LogP contribution in [0.15, 0.2) is 36.9 Å². The van der Waals surface area contributed by atoms with Crippen LogP contribution in [0.2, 0.25) is 0 Å². The fourth-order valence-electron chi connectivity index (χ4n) is 2.27. The van der Waals surface area contributed by atoms with Crippen molar-refractivity contribution in [2.75, 3.05) is 0 Å². The van der Waals surface area contributed by atoms with E-state index in [0.29, 0.717) is 0 Å². The van der Waals surface area contributed by atoms with Crippen molar-refractivity contribution in [2.24, 2.45) is 0 Å². The first-order valence-electron chi connectivity index (χ1n) is 5.35. The maximum atomic E-state index is 4.26. The van der Waals surface area contributed by atoms with Crippen LogP contribution in [0.25, 0.3) is 21.5 Å². The fraction of sp³-hybridized carbons (Fsp3) is 0.143. The number of rotatable bonds is 0. The highest BCUT2D eigenvalue weighted by Gasteiger charge is 2.06.